The van der Waals surface area contributed by atoms with Crippen LogP contribution < -0.4 is 10.5 Å². The van der Waals surface area contributed by atoms with Gasteiger partial charge in [0.2, 0.25) is 5.91 Å². The summed E-state index contributed by atoms with van der Waals surface area (Å²) >= 11 is 0. The van der Waals surface area contributed by atoms with Gasteiger partial charge in [-0.3, -0.25) is 4.79 Å². The predicted molar refractivity (Wildman–Crippen MR) is 84.3 cm³/mol. The molecule has 0 unspecified atom stereocenters. The first kappa shape index (κ1) is 15.8. The van der Waals surface area contributed by atoms with E-state index in [4.69, 9.17) is 10.5 Å². The average Bonchev–Trinajstić information content (AvgIpc) is 2.96. The summed E-state index contributed by atoms with van der Waals surface area (Å²) in [5, 5.41) is 0. The quantitative estimate of drug-likeness (QED) is 0.874. The summed E-state index contributed by atoms with van der Waals surface area (Å²) in [4.78, 5) is 14.4. The van der Waals surface area contributed by atoms with Crippen LogP contribution in [0.1, 0.15) is 31.7 Å². The van der Waals surface area contributed by atoms with Crippen molar-refractivity contribution in [1.82, 2.24) is 4.90 Å². The number of benzene rings is 1. The summed E-state index contributed by atoms with van der Waals surface area (Å²) in [6.45, 7) is 3.56. The highest BCUT2D eigenvalue weighted by molar-refractivity contribution is 5.77. The number of hydrogen-bond acceptors (Lipinski definition) is 3. The van der Waals surface area contributed by atoms with Crippen LogP contribution >= 0.6 is 0 Å². The second-order valence-electron chi connectivity index (χ2n) is 5.94. The fraction of sp³-hybridized carbons (Fsp3) is 0.588. The maximum absolute atomic E-state index is 12.4. The van der Waals surface area contributed by atoms with Crippen molar-refractivity contribution in [3.05, 3.63) is 29.8 Å². The van der Waals surface area contributed by atoms with E-state index in [0.717, 1.165) is 37.1 Å². The van der Waals surface area contributed by atoms with Crippen LogP contribution in [0.25, 0.3) is 0 Å². The largest absolute Gasteiger partial charge is 0.496 e. The van der Waals surface area contributed by atoms with Gasteiger partial charge in [0.05, 0.1) is 7.11 Å². The Morgan fingerprint density at radius 2 is 2.24 bits per heavy atom. The second kappa shape index (κ2) is 7.46. The molecule has 4 nitrogen and oxygen atoms in total. The van der Waals surface area contributed by atoms with Crippen LogP contribution in [-0.4, -0.2) is 37.0 Å². The number of nitrogens with zero attached hydrogens (tertiary/aromatic N) is 1. The highest BCUT2D eigenvalue weighted by atomic mass is 16.5. The van der Waals surface area contributed by atoms with E-state index in [1.54, 1.807) is 7.11 Å². The molecule has 1 amide bonds. The number of amides is 1. The lowest BCUT2D eigenvalue weighted by atomic mass is 9.96. The SMILES string of the molecule is COc1ccccc1C[C@@H](C)CC(=O)N1CCC[C@@H]1CN. The third-order valence-electron chi connectivity index (χ3n) is 4.25. The maximum atomic E-state index is 12.4. The molecule has 2 atom stereocenters. The molecular weight excluding hydrogens is 264 g/mol. The average molecular weight is 290 g/mol. The number of carbonyl (C=O) groups excluding carboxylic acids is 1. The normalized spacial score (nSPS) is 19.6. The predicted octanol–water partition coefficient (Wildman–Crippen LogP) is 2.21. The lowest BCUT2D eigenvalue weighted by molar-refractivity contribution is -0.132. The molecule has 1 aliphatic rings. The molecule has 1 saturated heterocycles. The second-order valence-corrected chi connectivity index (χ2v) is 5.94. The molecule has 0 bridgehead atoms. The standard InChI is InChI=1S/C17H26N2O2/c1-13(10-14-6-3-4-8-16(14)21-2)11-17(20)19-9-5-7-15(19)12-18/h3-4,6,8,13,15H,5,7,9-12,18H2,1-2H3/t13-,15-/m1/s1. The molecule has 4 heteroatoms. The van der Waals surface area contributed by atoms with Gasteiger partial charge in [-0.2, -0.15) is 0 Å². The monoisotopic (exact) mass is 290 g/mol. The molecule has 1 aliphatic heterocycles. The van der Waals surface area contributed by atoms with Crippen LogP contribution in [0.2, 0.25) is 0 Å². The zero-order valence-electron chi connectivity index (χ0n) is 13.0. The summed E-state index contributed by atoms with van der Waals surface area (Å²) in [7, 11) is 1.69. The molecule has 0 aliphatic carbocycles. The van der Waals surface area contributed by atoms with Crippen LogP contribution in [0.5, 0.6) is 5.75 Å². The van der Waals surface area contributed by atoms with Crippen LogP contribution in [-0.2, 0) is 11.2 Å². The Morgan fingerprint density at radius 3 is 2.95 bits per heavy atom. The fourth-order valence-electron chi connectivity index (χ4n) is 3.14. The molecule has 2 N–H and O–H groups in total. The fourth-order valence-corrected chi connectivity index (χ4v) is 3.14. The van der Waals surface area contributed by atoms with E-state index in [2.05, 4.69) is 13.0 Å². The first-order valence-corrected chi connectivity index (χ1v) is 7.77. The molecule has 0 spiro atoms. The molecular formula is C17H26N2O2. The number of carbonyl (C=O) groups is 1. The number of methoxy groups -OCH3 is 1. The van der Waals surface area contributed by atoms with Gasteiger partial charge in [-0.15, -0.1) is 0 Å². The van der Waals surface area contributed by atoms with Crippen LogP contribution in [0.3, 0.4) is 0 Å². The van der Waals surface area contributed by atoms with E-state index < -0.39 is 0 Å². The number of likely N-dealkylation sites (tertiary alicyclic amines) is 1. The molecule has 2 rings (SSSR count). The van der Waals surface area contributed by atoms with Gasteiger partial charge in [-0.25, -0.2) is 0 Å². The van der Waals surface area contributed by atoms with Gasteiger partial charge < -0.3 is 15.4 Å². The number of para-hydroxylation sites is 1. The van der Waals surface area contributed by atoms with Gasteiger partial charge in [0.1, 0.15) is 5.75 Å². The minimum atomic E-state index is 0.241. The smallest absolute Gasteiger partial charge is 0.223 e. The summed E-state index contributed by atoms with van der Waals surface area (Å²) in [6.07, 6.45) is 3.56. The molecule has 1 fully saturated rings. The van der Waals surface area contributed by atoms with Gasteiger partial charge in [-0.05, 0) is 36.8 Å². The number of ether oxygens (including phenoxy) is 1. The van der Waals surface area contributed by atoms with Gasteiger partial charge in [0.25, 0.3) is 0 Å². The first-order valence-electron chi connectivity index (χ1n) is 7.77. The lowest BCUT2D eigenvalue weighted by Gasteiger charge is -2.25. The highest BCUT2D eigenvalue weighted by Crippen LogP contribution is 2.24. The zero-order chi connectivity index (χ0) is 15.2. The van der Waals surface area contributed by atoms with Crippen molar-refractivity contribution < 1.29 is 9.53 Å². The number of hydrogen-bond donors (Lipinski definition) is 1. The van der Waals surface area contributed by atoms with Crippen molar-refractivity contribution >= 4 is 5.91 Å². The minimum absolute atomic E-state index is 0.241. The molecule has 0 aromatic heterocycles. The first-order chi connectivity index (χ1) is 10.2. The van der Waals surface area contributed by atoms with Gasteiger partial charge in [-0.1, -0.05) is 25.1 Å². The van der Waals surface area contributed by atoms with Crippen LogP contribution in [0.15, 0.2) is 24.3 Å². The van der Waals surface area contributed by atoms with Gasteiger partial charge in [0, 0.05) is 25.6 Å². The van der Waals surface area contributed by atoms with E-state index in [0.29, 0.717) is 18.9 Å². The summed E-state index contributed by atoms with van der Waals surface area (Å²) in [5.74, 6) is 1.44. The molecule has 21 heavy (non-hydrogen) atoms. The van der Waals surface area contributed by atoms with Gasteiger partial charge in [0.15, 0.2) is 0 Å². The molecule has 1 aromatic rings. The van der Waals surface area contributed by atoms with Crippen molar-refractivity contribution in [2.75, 3.05) is 20.2 Å². The van der Waals surface area contributed by atoms with Crippen molar-refractivity contribution in [2.24, 2.45) is 11.7 Å². The van der Waals surface area contributed by atoms with Crippen LogP contribution in [0.4, 0.5) is 0 Å². The summed E-state index contributed by atoms with van der Waals surface area (Å²) < 4.78 is 5.37. The maximum Gasteiger partial charge on any atom is 0.223 e. The van der Waals surface area contributed by atoms with E-state index in [1.807, 2.05) is 23.1 Å². The highest BCUT2D eigenvalue weighted by Gasteiger charge is 2.28. The van der Waals surface area contributed by atoms with E-state index in [9.17, 15) is 4.79 Å². The number of rotatable bonds is 6. The molecule has 116 valence electrons. The Hall–Kier alpha value is -1.55. The minimum Gasteiger partial charge on any atom is -0.496 e. The number of nitrogens with two attached hydrogens (primary N) is 1. The Kier molecular flexibility index (Phi) is 5.62. The third-order valence-corrected chi connectivity index (χ3v) is 4.25. The summed E-state index contributed by atoms with van der Waals surface area (Å²) in [6, 6.07) is 8.26. The lowest BCUT2D eigenvalue weighted by Crippen LogP contribution is -2.40. The molecule has 1 heterocycles. The van der Waals surface area contributed by atoms with E-state index >= 15 is 0 Å². The topological polar surface area (TPSA) is 55.6 Å². The molecule has 0 radical (unpaired) electrons. The Balaban J connectivity index is 1.92. The Morgan fingerprint density at radius 1 is 1.48 bits per heavy atom. The van der Waals surface area contributed by atoms with Gasteiger partial charge >= 0.3 is 0 Å². The van der Waals surface area contributed by atoms with Crippen LogP contribution in [0, 0.1) is 5.92 Å². The van der Waals surface area contributed by atoms with Crippen molar-refractivity contribution in [3.8, 4) is 5.75 Å². The van der Waals surface area contributed by atoms with E-state index in [1.165, 1.54) is 0 Å². The third kappa shape index (κ3) is 3.97. The van der Waals surface area contributed by atoms with Crippen molar-refractivity contribution in [1.29, 1.82) is 0 Å². The summed E-state index contributed by atoms with van der Waals surface area (Å²) in [5.41, 5.74) is 6.91. The van der Waals surface area contributed by atoms with E-state index in [-0.39, 0.29) is 11.9 Å². The molecule has 0 saturated carbocycles. The zero-order valence-corrected chi connectivity index (χ0v) is 13.0. The van der Waals surface area contributed by atoms with Crippen molar-refractivity contribution in [2.45, 2.75) is 38.6 Å². The Bertz CT molecular complexity index is 476. The molecule has 1 aromatic carbocycles. The Labute approximate surface area is 127 Å². The van der Waals surface area contributed by atoms with Crippen molar-refractivity contribution in [3.63, 3.8) is 0 Å².